The van der Waals surface area contributed by atoms with Gasteiger partial charge >= 0.3 is 5.97 Å². The molecule has 0 aliphatic rings. The van der Waals surface area contributed by atoms with Gasteiger partial charge in [-0.2, -0.15) is 0 Å². The third-order valence-electron chi connectivity index (χ3n) is 2.30. The lowest BCUT2D eigenvalue weighted by Crippen LogP contribution is -2.24. The van der Waals surface area contributed by atoms with Crippen LogP contribution in [0.5, 0.6) is 11.5 Å². The van der Waals surface area contributed by atoms with Crippen LogP contribution in [0.3, 0.4) is 0 Å². The molecule has 1 unspecified atom stereocenters. The molecule has 0 fully saturated rings. The van der Waals surface area contributed by atoms with Crippen molar-refractivity contribution >= 4 is 5.97 Å². The number of esters is 1. The van der Waals surface area contributed by atoms with Crippen molar-refractivity contribution in [1.82, 2.24) is 0 Å². The first kappa shape index (κ1) is 13.2. The van der Waals surface area contributed by atoms with E-state index < -0.39 is 17.8 Å². The van der Waals surface area contributed by atoms with E-state index in [1.165, 1.54) is 33.5 Å². The molecule has 0 heterocycles. The van der Waals surface area contributed by atoms with Crippen LogP contribution in [0, 0.1) is 5.82 Å². The molecule has 0 amide bonds. The van der Waals surface area contributed by atoms with Crippen LogP contribution in [-0.2, 0) is 9.53 Å². The Morgan fingerprint density at radius 2 is 1.94 bits per heavy atom. The number of nitrogens with two attached hydrogens (primary N) is 1. The number of hydrogen-bond acceptors (Lipinski definition) is 5. The van der Waals surface area contributed by atoms with Gasteiger partial charge in [0.25, 0.3) is 0 Å². The number of hydrogen-bond donors (Lipinski definition) is 1. The Labute approximate surface area is 98.3 Å². The van der Waals surface area contributed by atoms with Crippen LogP contribution in [0.25, 0.3) is 0 Å². The first-order valence-electron chi connectivity index (χ1n) is 4.80. The summed E-state index contributed by atoms with van der Waals surface area (Å²) in [5.74, 6) is -1.18. The Morgan fingerprint density at radius 3 is 2.41 bits per heavy atom. The normalized spacial score (nSPS) is 11.8. The van der Waals surface area contributed by atoms with E-state index in [0.717, 1.165) is 0 Å². The summed E-state index contributed by atoms with van der Waals surface area (Å²) in [5.41, 5.74) is 5.80. The van der Waals surface area contributed by atoms with Gasteiger partial charge in [-0.25, -0.2) is 9.18 Å². The maximum Gasteiger partial charge on any atom is 0.327 e. The molecule has 5 nitrogen and oxygen atoms in total. The first-order valence-corrected chi connectivity index (χ1v) is 4.80. The van der Waals surface area contributed by atoms with Gasteiger partial charge in [-0.3, -0.25) is 0 Å². The largest absolute Gasteiger partial charge is 0.496 e. The SMILES string of the molecule is COC(=O)C(N)c1c(OC)ccc(F)c1OC. The summed E-state index contributed by atoms with van der Waals surface area (Å²) in [4.78, 5) is 11.4. The molecule has 1 aromatic rings. The molecule has 0 bridgehead atoms. The van der Waals surface area contributed by atoms with E-state index >= 15 is 0 Å². The van der Waals surface area contributed by atoms with E-state index in [4.69, 9.17) is 15.2 Å². The Balaban J connectivity index is 3.36. The predicted molar refractivity (Wildman–Crippen MR) is 58.4 cm³/mol. The highest BCUT2D eigenvalue weighted by atomic mass is 19.1. The van der Waals surface area contributed by atoms with Crippen molar-refractivity contribution in [2.45, 2.75) is 6.04 Å². The Bertz CT molecular complexity index is 422. The fourth-order valence-electron chi connectivity index (χ4n) is 1.48. The lowest BCUT2D eigenvalue weighted by molar-refractivity contribution is -0.142. The van der Waals surface area contributed by atoms with Crippen LogP contribution >= 0.6 is 0 Å². The van der Waals surface area contributed by atoms with E-state index in [0.29, 0.717) is 0 Å². The summed E-state index contributed by atoms with van der Waals surface area (Å²) in [6.07, 6.45) is 0. The maximum atomic E-state index is 13.5. The van der Waals surface area contributed by atoms with Crippen LogP contribution in [0.4, 0.5) is 4.39 Å². The van der Waals surface area contributed by atoms with E-state index in [1.54, 1.807) is 0 Å². The van der Waals surface area contributed by atoms with Gasteiger partial charge < -0.3 is 19.9 Å². The third-order valence-corrected chi connectivity index (χ3v) is 2.30. The summed E-state index contributed by atoms with van der Waals surface area (Å²) in [6.45, 7) is 0. The van der Waals surface area contributed by atoms with Crippen LogP contribution in [-0.4, -0.2) is 27.3 Å². The molecule has 94 valence electrons. The van der Waals surface area contributed by atoms with Crippen molar-refractivity contribution in [2.24, 2.45) is 5.73 Å². The summed E-state index contributed by atoms with van der Waals surface area (Å²) >= 11 is 0. The maximum absolute atomic E-state index is 13.5. The molecule has 17 heavy (non-hydrogen) atoms. The number of methoxy groups -OCH3 is 3. The highest BCUT2D eigenvalue weighted by Crippen LogP contribution is 2.35. The minimum absolute atomic E-state index is 0.123. The van der Waals surface area contributed by atoms with Crippen molar-refractivity contribution in [3.63, 3.8) is 0 Å². The predicted octanol–water partition coefficient (Wildman–Crippen LogP) is 1.02. The van der Waals surface area contributed by atoms with E-state index in [2.05, 4.69) is 4.74 Å². The summed E-state index contributed by atoms with van der Waals surface area (Å²) < 4.78 is 27.9. The zero-order valence-corrected chi connectivity index (χ0v) is 9.82. The smallest absolute Gasteiger partial charge is 0.327 e. The second kappa shape index (κ2) is 5.49. The zero-order valence-electron chi connectivity index (χ0n) is 9.82. The average Bonchev–Trinajstić information content (AvgIpc) is 2.36. The molecule has 6 heteroatoms. The summed E-state index contributed by atoms with van der Waals surface area (Å²) in [6, 6.07) is 1.38. The lowest BCUT2D eigenvalue weighted by atomic mass is 10.0. The highest BCUT2D eigenvalue weighted by molar-refractivity contribution is 5.79. The molecular formula is C11H14FNO4. The van der Waals surface area contributed by atoms with Gasteiger partial charge in [0.15, 0.2) is 11.6 Å². The third kappa shape index (κ3) is 2.47. The van der Waals surface area contributed by atoms with Crippen molar-refractivity contribution in [3.05, 3.63) is 23.5 Å². The van der Waals surface area contributed by atoms with Crippen molar-refractivity contribution in [2.75, 3.05) is 21.3 Å². The number of carbonyl (C=O) groups is 1. The van der Waals surface area contributed by atoms with E-state index in [9.17, 15) is 9.18 Å². The monoisotopic (exact) mass is 243 g/mol. The minimum atomic E-state index is -1.17. The fourth-order valence-corrected chi connectivity index (χ4v) is 1.48. The lowest BCUT2D eigenvalue weighted by Gasteiger charge is -2.17. The second-order valence-electron chi connectivity index (χ2n) is 3.20. The Hall–Kier alpha value is -1.82. The van der Waals surface area contributed by atoms with Crippen molar-refractivity contribution in [3.8, 4) is 11.5 Å². The molecule has 0 aromatic heterocycles. The van der Waals surface area contributed by atoms with Crippen LogP contribution in [0.2, 0.25) is 0 Å². The summed E-state index contributed by atoms with van der Waals surface area (Å²) in [5, 5.41) is 0. The van der Waals surface area contributed by atoms with E-state index in [-0.39, 0.29) is 17.1 Å². The molecule has 0 spiro atoms. The molecule has 0 aliphatic carbocycles. The van der Waals surface area contributed by atoms with Crippen LogP contribution in [0.15, 0.2) is 12.1 Å². The fraction of sp³-hybridized carbons (Fsp3) is 0.364. The molecule has 1 atom stereocenters. The Kier molecular flexibility index (Phi) is 4.28. The Morgan fingerprint density at radius 1 is 1.29 bits per heavy atom. The van der Waals surface area contributed by atoms with Gasteiger partial charge in [0.05, 0.1) is 26.9 Å². The molecule has 0 radical (unpaired) electrons. The van der Waals surface area contributed by atoms with Gasteiger partial charge in [0.1, 0.15) is 11.8 Å². The van der Waals surface area contributed by atoms with Gasteiger partial charge in [-0.05, 0) is 12.1 Å². The van der Waals surface area contributed by atoms with Crippen LogP contribution in [0.1, 0.15) is 11.6 Å². The molecule has 1 rings (SSSR count). The average molecular weight is 243 g/mol. The molecule has 2 N–H and O–H groups in total. The zero-order chi connectivity index (χ0) is 13.0. The van der Waals surface area contributed by atoms with Crippen LogP contribution < -0.4 is 15.2 Å². The first-order chi connectivity index (χ1) is 8.06. The number of rotatable bonds is 4. The van der Waals surface area contributed by atoms with Crippen molar-refractivity contribution < 1.29 is 23.4 Å². The molecule has 1 aromatic carbocycles. The quantitative estimate of drug-likeness (QED) is 0.799. The number of halogens is 1. The second-order valence-corrected chi connectivity index (χ2v) is 3.20. The topological polar surface area (TPSA) is 70.8 Å². The molecule has 0 saturated carbocycles. The standard InChI is InChI=1S/C11H14FNO4/c1-15-7-5-4-6(12)10(16-2)8(7)9(13)11(14)17-3/h4-5,9H,13H2,1-3H3. The summed E-state index contributed by atoms with van der Waals surface area (Å²) in [7, 11) is 3.87. The molecule has 0 aliphatic heterocycles. The van der Waals surface area contributed by atoms with Gasteiger partial charge in [-0.15, -0.1) is 0 Å². The minimum Gasteiger partial charge on any atom is -0.496 e. The van der Waals surface area contributed by atoms with Gasteiger partial charge in [-0.1, -0.05) is 0 Å². The van der Waals surface area contributed by atoms with Gasteiger partial charge in [0.2, 0.25) is 0 Å². The van der Waals surface area contributed by atoms with Crippen molar-refractivity contribution in [1.29, 1.82) is 0 Å². The highest BCUT2D eigenvalue weighted by Gasteiger charge is 2.26. The van der Waals surface area contributed by atoms with E-state index in [1.807, 2.05) is 0 Å². The molecular weight excluding hydrogens is 229 g/mol. The number of benzene rings is 1. The van der Waals surface area contributed by atoms with Gasteiger partial charge in [0, 0.05) is 0 Å². The number of ether oxygens (including phenoxy) is 3. The number of carbonyl (C=O) groups excluding carboxylic acids is 1. The molecule has 0 saturated heterocycles.